The van der Waals surface area contributed by atoms with E-state index in [2.05, 4.69) is 27.2 Å². The number of hydrogen-bond donors (Lipinski definition) is 1. The van der Waals surface area contributed by atoms with Crippen molar-refractivity contribution in [1.29, 1.82) is 0 Å². The largest absolute Gasteiger partial charge is 0.329 e. The van der Waals surface area contributed by atoms with Gasteiger partial charge in [0.2, 0.25) is 0 Å². The Bertz CT molecular complexity index is 454. The Balaban J connectivity index is 1.85. The fourth-order valence-electron chi connectivity index (χ4n) is 2.32. The van der Waals surface area contributed by atoms with Crippen molar-refractivity contribution in [2.45, 2.75) is 24.0 Å². The van der Waals surface area contributed by atoms with Crippen LogP contribution in [0, 0.1) is 0 Å². The number of aromatic nitrogens is 2. The number of imidazole rings is 1. The molecule has 0 aliphatic carbocycles. The SMILES string of the molecule is NCC1(Cc2cn3ccsc3n2)CCCS1. The van der Waals surface area contributed by atoms with Crippen LogP contribution in [0.2, 0.25) is 0 Å². The molecule has 2 aromatic heterocycles. The fourth-order valence-corrected chi connectivity index (χ4v) is 4.42. The van der Waals surface area contributed by atoms with Gasteiger partial charge in [0, 0.05) is 35.5 Å². The van der Waals surface area contributed by atoms with Crippen LogP contribution in [0.1, 0.15) is 18.5 Å². The molecule has 16 heavy (non-hydrogen) atoms. The second-order valence-electron chi connectivity index (χ2n) is 4.34. The Morgan fingerprint density at radius 2 is 2.50 bits per heavy atom. The maximum Gasteiger partial charge on any atom is 0.193 e. The second-order valence-corrected chi connectivity index (χ2v) is 6.78. The van der Waals surface area contributed by atoms with Crippen LogP contribution in [0.4, 0.5) is 0 Å². The van der Waals surface area contributed by atoms with E-state index in [0.29, 0.717) is 0 Å². The van der Waals surface area contributed by atoms with E-state index in [1.165, 1.54) is 24.3 Å². The average molecular weight is 253 g/mol. The first kappa shape index (κ1) is 10.6. The van der Waals surface area contributed by atoms with E-state index < -0.39 is 0 Å². The molecule has 1 atom stereocenters. The van der Waals surface area contributed by atoms with Crippen molar-refractivity contribution < 1.29 is 0 Å². The molecule has 1 aliphatic rings. The highest BCUT2D eigenvalue weighted by molar-refractivity contribution is 8.00. The number of thioether (sulfide) groups is 1. The van der Waals surface area contributed by atoms with Gasteiger partial charge in [0.1, 0.15) is 0 Å². The van der Waals surface area contributed by atoms with Gasteiger partial charge >= 0.3 is 0 Å². The van der Waals surface area contributed by atoms with Crippen molar-refractivity contribution in [3.05, 3.63) is 23.5 Å². The molecule has 3 rings (SSSR count). The molecule has 2 N–H and O–H groups in total. The summed E-state index contributed by atoms with van der Waals surface area (Å²) >= 11 is 3.71. The van der Waals surface area contributed by atoms with E-state index in [1.807, 2.05) is 11.8 Å². The first-order chi connectivity index (χ1) is 7.81. The number of nitrogens with zero attached hydrogens (tertiary/aromatic N) is 2. The molecule has 0 spiro atoms. The van der Waals surface area contributed by atoms with Gasteiger partial charge in [0.25, 0.3) is 0 Å². The quantitative estimate of drug-likeness (QED) is 0.911. The van der Waals surface area contributed by atoms with Crippen molar-refractivity contribution in [2.24, 2.45) is 5.73 Å². The Kier molecular flexibility index (Phi) is 2.69. The summed E-state index contributed by atoms with van der Waals surface area (Å²) in [6.07, 6.45) is 7.75. The molecule has 3 nitrogen and oxygen atoms in total. The first-order valence-corrected chi connectivity index (χ1v) is 7.43. The molecule has 0 radical (unpaired) electrons. The predicted molar refractivity (Wildman–Crippen MR) is 70.3 cm³/mol. The van der Waals surface area contributed by atoms with Gasteiger partial charge in [0.15, 0.2) is 4.96 Å². The number of rotatable bonds is 3. The topological polar surface area (TPSA) is 43.3 Å². The summed E-state index contributed by atoms with van der Waals surface area (Å²) < 4.78 is 2.36. The number of hydrogen-bond acceptors (Lipinski definition) is 4. The molecular formula is C11H15N3S2. The predicted octanol–water partition coefficient (Wildman–Crippen LogP) is 2.16. The molecule has 0 bridgehead atoms. The zero-order chi connectivity index (χ0) is 11.0. The normalized spacial score (nSPS) is 25.6. The summed E-state index contributed by atoms with van der Waals surface area (Å²) in [5, 5.41) is 2.06. The van der Waals surface area contributed by atoms with Crippen molar-refractivity contribution >= 4 is 28.1 Å². The van der Waals surface area contributed by atoms with E-state index in [4.69, 9.17) is 5.73 Å². The molecule has 86 valence electrons. The monoisotopic (exact) mass is 253 g/mol. The van der Waals surface area contributed by atoms with Crippen LogP contribution in [-0.4, -0.2) is 26.4 Å². The lowest BCUT2D eigenvalue weighted by atomic mass is 9.98. The van der Waals surface area contributed by atoms with Crippen LogP contribution in [0.15, 0.2) is 17.8 Å². The Labute approximate surface area is 103 Å². The maximum atomic E-state index is 5.93. The van der Waals surface area contributed by atoms with E-state index in [0.717, 1.165) is 17.9 Å². The number of thiazole rings is 1. The lowest BCUT2D eigenvalue weighted by molar-refractivity contribution is 0.559. The molecule has 0 aromatic carbocycles. The third-order valence-electron chi connectivity index (χ3n) is 3.20. The van der Waals surface area contributed by atoms with Crippen LogP contribution >= 0.6 is 23.1 Å². The molecule has 2 aromatic rings. The highest BCUT2D eigenvalue weighted by Crippen LogP contribution is 2.39. The van der Waals surface area contributed by atoms with Gasteiger partial charge in [0.05, 0.1) is 5.69 Å². The van der Waals surface area contributed by atoms with E-state index in [1.54, 1.807) is 11.3 Å². The van der Waals surface area contributed by atoms with Gasteiger partial charge in [-0.25, -0.2) is 4.98 Å². The number of fused-ring (bicyclic) bond motifs is 1. The second kappa shape index (κ2) is 4.05. The molecule has 1 saturated heterocycles. The maximum absolute atomic E-state index is 5.93. The summed E-state index contributed by atoms with van der Waals surface area (Å²) in [6, 6.07) is 0. The average Bonchev–Trinajstić information content (AvgIpc) is 2.93. The summed E-state index contributed by atoms with van der Waals surface area (Å²) in [6.45, 7) is 0.767. The summed E-state index contributed by atoms with van der Waals surface area (Å²) in [5.74, 6) is 1.25. The highest BCUT2D eigenvalue weighted by Gasteiger charge is 2.34. The third kappa shape index (κ3) is 1.77. The van der Waals surface area contributed by atoms with Gasteiger partial charge in [-0.05, 0) is 18.6 Å². The van der Waals surface area contributed by atoms with Crippen molar-refractivity contribution in [3.63, 3.8) is 0 Å². The van der Waals surface area contributed by atoms with Crippen LogP contribution in [-0.2, 0) is 6.42 Å². The van der Waals surface area contributed by atoms with E-state index in [9.17, 15) is 0 Å². The molecule has 0 saturated carbocycles. The standard InChI is InChI=1S/C11H15N3S2/c12-8-11(2-1-4-16-11)6-9-7-14-3-5-15-10(14)13-9/h3,5,7H,1-2,4,6,8,12H2. The van der Waals surface area contributed by atoms with Gasteiger partial charge in [-0.15, -0.1) is 11.3 Å². The van der Waals surface area contributed by atoms with Gasteiger partial charge in [-0.3, -0.25) is 4.40 Å². The molecule has 0 amide bonds. The zero-order valence-corrected chi connectivity index (χ0v) is 10.7. The fraction of sp³-hybridized carbons (Fsp3) is 0.545. The van der Waals surface area contributed by atoms with Crippen molar-refractivity contribution in [3.8, 4) is 0 Å². The van der Waals surface area contributed by atoms with Crippen LogP contribution in [0.5, 0.6) is 0 Å². The lowest BCUT2D eigenvalue weighted by Crippen LogP contribution is -2.34. The molecule has 1 aliphatic heterocycles. The third-order valence-corrected chi connectivity index (χ3v) is 5.59. The van der Waals surface area contributed by atoms with Crippen LogP contribution in [0.3, 0.4) is 0 Å². The van der Waals surface area contributed by atoms with Crippen LogP contribution in [0.25, 0.3) is 4.96 Å². The number of nitrogens with two attached hydrogens (primary N) is 1. The smallest absolute Gasteiger partial charge is 0.193 e. The molecule has 1 unspecified atom stereocenters. The minimum absolute atomic E-state index is 0.254. The van der Waals surface area contributed by atoms with Crippen molar-refractivity contribution in [1.82, 2.24) is 9.38 Å². The Morgan fingerprint density at radius 1 is 1.56 bits per heavy atom. The Morgan fingerprint density at radius 3 is 3.19 bits per heavy atom. The molecule has 1 fully saturated rings. The first-order valence-electron chi connectivity index (χ1n) is 5.56. The highest BCUT2D eigenvalue weighted by atomic mass is 32.2. The van der Waals surface area contributed by atoms with E-state index in [-0.39, 0.29) is 4.75 Å². The summed E-state index contributed by atoms with van der Waals surface area (Å²) in [7, 11) is 0. The van der Waals surface area contributed by atoms with Crippen LogP contribution < -0.4 is 5.73 Å². The molecular weight excluding hydrogens is 238 g/mol. The zero-order valence-electron chi connectivity index (χ0n) is 9.06. The van der Waals surface area contributed by atoms with Gasteiger partial charge in [-0.2, -0.15) is 11.8 Å². The van der Waals surface area contributed by atoms with Crippen molar-refractivity contribution in [2.75, 3.05) is 12.3 Å². The Hall–Kier alpha value is -0.520. The van der Waals surface area contributed by atoms with Gasteiger partial charge in [-0.1, -0.05) is 0 Å². The minimum atomic E-state index is 0.254. The summed E-state index contributed by atoms with van der Waals surface area (Å²) in [5.41, 5.74) is 7.12. The summed E-state index contributed by atoms with van der Waals surface area (Å²) in [4.78, 5) is 5.73. The van der Waals surface area contributed by atoms with Gasteiger partial charge < -0.3 is 5.73 Å². The van der Waals surface area contributed by atoms with E-state index >= 15 is 0 Å². The lowest BCUT2D eigenvalue weighted by Gasteiger charge is -2.24. The minimum Gasteiger partial charge on any atom is -0.329 e. The molecule has 3 heterocycles. The molecule has 5 heteroatoms.